The predicted octanol–water partition coefficient (Wildman–Crippen LogP) is 0.573. The molecule has 0 aromatic carbocycles. The van der Waals surface area contributed by atoms with Crippen molar-refractivity contribution in [2.45, 2.75) is 33.2 Å². The van der Waals surface area contributed by atoms with Crippen LogP contribution in [0, 0.1) is 0 Å². The van der Waals surface area contributed by atoms with Crippen LogP contribution in [0.2, 0.25) is 0 Å². The lowest BCUT2D eigenvalue weighted by molar-refractivity contribution is 0.185. The molecule has 0 saturated carbocycles. The molecule has 0 bridgehead atoms. The molecule has 5 nitrogen and oxygen atoms in total. The van der Waals surface area contributed by atoms with E-state index in [-0.39, 0.29) is 6.04 Å². The SMILES string of the molecule is CCCN(CC)C(=NC(C)COC)NN. The Balaban J connectivity index is 4.40. The van der Waals surface area contributed by atoms with E-state index in [1.807, 2.05) is 6.92 Å². The summed E-state index contributed by atoms with van der Waals surface area (Å²) in [7, 11) is 1.67. The molecule has 0 aromatic rings. The normalized spacial score (nSPS) is 13.8. The van der Waals surface area contributed by atoms with E-state index in [4.69, 9.17) is 10.6 Å². The second kappa shape index (κ2) is 8.49. The first kappa shape index (κ1) is 14.2. The third-order valence-electron chi connectivity index (χ3n) is 2.05. The van der Waals surface area contributed by atoms with E-state index in [2.05, 4.69) is 29.2 Å². The summed E-state index contributed by atoms with van der Waals surface area (Å²) in [6.45, 7) is 8.68. The number of nitrogens with two attached hydrogens (primary N) is 1. The van der Waals surface area contributed by atoms with Gasteiger partial charge in [-0.1, -0.05) is 6.92 Å². The van der Waals surface area contributed by atoms with Gasteiger partial charge < -0.3 is 9.64 Å². The first-order valence-corrected chi connectivity index (χ1v) is 5.47. The molecule has 15 heavy (non-hydrogen) atoms. The second-order valence-corrected chi connectivity index (χ2v) is 3.48. The predicted molar refractivity (Wildman–Crippen MR) is 63.6 cm³/mol. The van der Waals surface area contributed by atoms with E-state index in [0.29, 0.717) is 6.61 Å². The summed E-state index contributed by atoms with van der Waals surface area (Å²) in [4.78, 5) is 6.57. The van der Waals surface area contributed by atoms with Crippen molar-refractivity contribution in [1.82, 2.24) is 10.3 Å². The van der Waals surface area contributed by atoms with Crippen molar-refractivity contribution >= 4 is 5.96 Å². The zero-order valence-electron chi connectivity index (χ0n) is 10.3. The third kappa shape index (κ3) is 5.59. The van der Waals surface area contributed by atoms with Crippen molar-refractivity contribution in [3.63, 3.8) is 0 Å². The Morgan fingerprint density at radius 3 is 2.60 bits per heavy atom. The summed E-state index contributed by atoms with van der Waals surface area (Å²) < 4.78 is 5.03. The topological polar surface area (TPSA) is 62.9 Å². The minimum Gasteiger partial charge on any atom is -0.382 e. The Kier molecular flexibility index (Phi) is 8.04. The maximum absolute atomic E-state index is 5.46. The van der Waals surface area contributed by atoms with Crippen LogP contribution in [0.5, 0.6) is 0 Å². The van der Waals surface area contributed by atoms with Crippen LogP contribution in [-0.2, 0) is 4.74 Å². The summed E-state index contributed by atoms with van der Waals surface area (Å²) in [6.07, 6.45) is 1.08. The summed E-state index contributed by atoms with van der Waals surface area (Å²) in [6, 6.07) is 0.118. The molecule has 1 unspecified atom stereocenters. The Bertz CT molecular complexity index is 184. The highest BCUT2D eigenvalue weighted by molar-refractivity contribution is 5.79. The molecule has 1 atom stereocenters. The molecule has 0 fully saturated rings. The van der Waals surface area contributed by atoms with Crippen molar-refractivity contribution in [3.8, 4) is 0 Å². The van der Waals surface area contributed by atoms with E-state index in [9.17, 15) is 0 Å². The number of ether oxygens (including phenoxy) is 1. The molecule has 0 aliphatic heterocycles. The Morgan fingerprint density at radius 2 is 2.20 bits per heavy atom. The Labute approximate surface area is 92.7 Å². The van der Waals surface area contributed by atoms with Gasteiger partial charge in [0.15, 0.2) is 0 Å². The minimum absolute atomic E-state index is 0.118. The van der Waals surface area contributed by atoms with E-state index >= 15 is 0 Å². The average Bonchev–Trinajstić information content (AvgIpc) is 2.23. The van der Waals surface area contributed by atoms with E-state index in [0.717, 1.165) is 25.5 Å². The van der Waals surface area contributed by atoms with Crippen molar-refractivity contribution < 1.29 is 4.74 Å². The Hall–Kier alpha value is -0.810. The first-order valence-electron chi connectivity index (χ1n) is 5.47. The number of rotatable bonds is 6. The average molecular weight is 216 g/mol. The van der Waals surface area contributed by atoms with Crippen molar-refractivity contribution in [2.75, 3.05) is 26.8 Å². The third-order valence-corrected chi connectivity index (χ3v) is 2.05. The number of aliphatic imine (C=N–C) groups is 1. The van der Waals surface area contributed by atoms with E-state index in [1.165, 1.54) is 0 Å². The standard InChI is InChI=1S/C10H24N4O/c1-5-7-14(6-2)10(13-11)12-9(3)8-15-4/h9H,5-8,11H2,1-4H3,(H,12,13). The molecule has 0 rings (SSSR count). The lowest BCUT2D eigenvalue weighted by atomic mass is 10.4. The number of nitrogens with zero attached hydrogens (tertiary/aromatic N) is 2. The molecule has 5 heteroatoms. The minimum atomic E-state index is 0.118. The number of methoxy groups -OCH3 is 1. The van der Waals surface area contributed by atoms with Gasteiger partial charge >= 0.3 is 0 Å². The molecule has 3 N–H and O–H groups in total. The van der Waals surface area contributed by atoms with Crippen molar-refractivity contribution in [3.05, 3.63) is 0 Å². The van der Waals surface area contributed by atoms with Gasteiger partial charge in [-0.15, -0.1) is 0 Å². The first-order chi connectivity index (χ1) is 7.19. The van der Waals surface area contributed by atoms with Crippen LogP contribution in [0.1, 0.15) is 27.2 Å². The molecule has 0 spiro atoms. The quantitative estimate of drug-likeness (QED) is 0.295. The maximum Gasteiger partial charge on any atom is 0.208 e. The molecular formula is C10H24N4O. The fourth-order valence-corrected chi connectivity index (χ4v) is 1.38. The molecule has 90 valence electrons. The van der Waals surface area contributed by atoms with Gasteiger partial charge in [-0.2, -0.15) is 0 Å². The van der Waals surface area contributed by atoms with Crippen LogP contribution in [0.15, 0.2) is 4.99 Å². The summed E-state index contributed by atoms with van der Waals surface area (Å²) in [5.74, 6) is 6.20. The summed E-state index contributed by atoms with van der Waals surface area (Å²) in [5, 5.41) is 0. The number of guanidine groups is 1. The molecule has 0 aliphatic rings. The highest BCUT2D eigenvalue weighted by Crippen LogP contribution is 1.96. The van der Waals surface area contributed by atoms with E-state index < -0.39 is 0 Å². The number of hydrogen-bond donors (Lipinski definition) is 2. The van der Waals surface area contributed by atoms with Crippen molar-refractivity contribution in [1.29, 1.82) is 0 Å². The highest BCUT2D eigenvalue weighted by atomic mass is 16.5. The van der Waals surface area contributed by atoms with Gasteiger partial charge in [0.1, 0.15) is 0 Å². The smallest absolute Gasteiger partial charge is 0.208 e. The lowest BCUT2D eigenvalue weighted by Crippen LogP contribution is -2.45. The van der Waals surface area contributed by atoms with Gasteiger partial charge in [-0.3, -0.25) is 5.43 Å². The molecule has 0 radical (unpaired) electrons. The largest absolute Gasteiger partial charge is 0.382 e. The summed E-state index contributed by atoms with van der Waals surface area (Å²) in [5.41, 5.74) is 2.65. The maximum atomic E-state index is 5.46. The van der Waals surface area contributed by atoms with Gasteiger partial charge in [0.05, 0.1) is 12.6 Å². The Morgan fingerprint density at radius 1 is 1.53 bits per heavy atom. The molecule has 0 heterocycles. The van der Waals surface area contributed by atoms with E-state index in [1.54, 1.807) is 7.11 Å². The lowest BCUT2D eigenvalue weighted by Gasteiger charge is -2.24. The van der Waals surface area contributed by atoms with Crippen LogP contribution >= 0.6 is 0 Å². The van der Waals surface area contributed by atoms with Gasteiger partial charge in [-0.25, -0.2) is 10.8 Å². The van der Waals surface area contributed by atoms with Crippen molar-refractivity contribution in [2.24, 2.45) is 10.8 Å². The van der Waals surface area contributed by atoms with Gasteiger partial charge in [-0.05, 0) is 20.3 Å². The molecule has 0 aliphatic carbocycles. The molecular weight excluding hydrogens is 192 g/mol. The zero-order valence-corrected chi connectivity index (χ0v) is 10.3. The molecule has 0 saturated heterocycles. The summed E-state index contributed by atoms with van der Waals surface area (Å²) >= 11 is 0. The number of hydrazine groups is 1. The second-order valence-electron chi connectivity index (χ2n) is 3.48. The molecule has 0 aromatic heterocycles. The molecule has 0 amide bonds. The highest BCUT2D eigenvalue weighted by Gasteiger charge is 2.08. The van der Waals surface area contributed by atoms with Gasteiger partial charge in [0, 0.05) is 20.2 Å². The fourth-order valence-electron chi connectivity index (χ4n) is 1.38. The van der Waals surface area contributed by atoms with Crippen LogP contribution in [0.3, 0.4) is 0 Å². The van der Waals surface area contributed by atoms with Crippen LogP contribution in [0.4, 0.5) is 0 Å². The number of hydrogen-bond acceptors (Lipinski definition) is 3. The number of nitrogens with one attached hydrogen (secondary N) is 1. The zero-order chi connectivity index (χ0) is 11.7. The van der Waals surface area contributed by atoms with Crippen LogP contribution in [0.25, 0.3) is 0 Å². The van der Waals surface area contributed by atoms with Gasteiger partial charge in [0.25, 0.3) is 0 Å². The van der Waals surface area contributed by atoms with Crippen LogP contribution in [-0.4, -0.2) is 43.7 Å². The van der Waals surface area contributed by atoms with Gasteiger partial charge in [0.2, 0.25) is 5.96 Å². The van der Waals surface area contributed by atoms with Crippen LogP contribution < -0.4 is 11.3 Å². The fraction of sp³-hybridized carbons (Fsp3) is 0.900. The monoisotopic (exact) mass is 216 g/mol.